The van der Waals surface area contributed by atoms with Crippen LogP contribution in [0.4, 0.5) is 0 Å². The fraction of sp³-hybridized carbons (Fsp3) is 0.273. The first kappa shape index (κ1) is 12.3. The number of hydrogen-bond donors (Lipinski definition) is 4. The molecule has 7 nitrogen and oxygen atoms in total. The summed E-state index contributed by atoms with van der Waals surface area (Å²) in [5.74, 6) is -1.55. The summed E-state index contributed by atoms with van der Waals surface area (Å²) in [4.78, 5) is 24.1. The molecule has 0 saturated carbocycles. The van der Waals surface area contributed by atoms with Crippen molar-refractivity contribution in [3.05, 3.63) is 34.3 Å². The number of carbonyl (C=O) groups is 1. The first-order valence-corrected chi connectivity index (χ1v) is 5.33. The SMILES string of the molecule is NC(CC(=O)O)C(N)c1ccc2oc(=O)[nH]c2c1. The largest absolute Gasteiger partial charge is 0.481 e. The van der Waals surface area contributed by atoms with Crippen molar-refractivity contribution in [1.29, 1.82) is 0 Å². The lowest BCUT2D eigenvalue weighted by Gasteiger charge is -2.18. The van der Waals surface area contributed by atoms with E-state index in [1.807, 2.05) is 0 Å². The Morgan fingerprint density at radius 2 is 2.17 bits per heavy atom. The predicted molar refractivity (Wildman–Crippen MR) is 64.0 cm³/mol. The second-order valence-electron chi connectivity index (χ2n) is 4.06. The molecular formula is C11H13N3O4. The molecule has 2 atom stereocenters. The van der Waals surface area contributed by atoms with Gasteiger partial charge in [-0.05, 0) is 17.7 Å². The van der Waals surface area contributed by atoms with Crippen LogP contribution in [0.15, 0.2) is 27.4 Å². The Morgan fingerprint density at radius 3 is 2.83 bits per heavy atom. The van der Waals surface area contributed by atoms with Gasteiger partial charge in [-0.25, -0.2) is 4.79 Å². The number of benzene rings is 1. The molecule has 0 fully saturated rings. The second-order valence-corrected chi connectivity index (χ2v) is 4.06. The van der Waals surface area contributed by atoms with Crippen molar-refractivity contribution >= 4 is 17.1 Å². The molecule has 0 bridgehead atoms. The van der Waals surface area contributed by atoms with Gasteiger partial charge in [-0.15, -0.1) is 0 Å². The highest BCUT2D eigenvalue weighted by atomic mass is 16.4. The zero-order valence-electron chi connectivity index (χ0n) is 9.42. The fourth-order valence-corrected chi connectivity index (χ4v) is 1.75. The summed E-state index contributed by atoms with van der Waals surface area (Å²) in [7, 11) is 0. The van der Waals surface area contributed by atoms with Crippen molar-refractivity contribution in [2.75, 3.05) is 0 Å². The summed E-state index contributed by atoms with van der Waals surface area (Å²) in [6.07, 6.45) is -0.221. The molecule has 6 N–H and O–H groups in total. The van der Waals surface area contributed by atoms with Crippen LogP contribution >= 0.6 is 0 Å². The van der Waals surface area contributed by atoms with Crippen LogP contribution in [-0.4, -0.2) is 22.1 Å². The Morgan fingerprint density at radius 1 is 1.44 bits per heavy atom. The van der Waals surface area contributed by atoms with Crippen LogP contribution in [0.2, 0.25) is 0 Å². The first-order valence-electron chi connectivity index (χ1n) is 5.33. The smallest absolute Gasteiger partial charge is 0.417 e. The number of rotatable bonds is 4. The second kappa shape index (κ2) is 4.63. The Balaban J connectivity index is 2.29. The lowest BCUT2D eigenvalue weighted by Crippen LogP contribution is -2.36. The van der Waals surface area contributed by atoms with Crippen molar-refractivity contribution in [1.82, 2.24) is 4.98 Å². The number of fused-ring (bicyclic) bond motifs is 1. The number of nitrogens with two attached hydrogens (primary N) is 2. The van der Waals surface area contributed by atoms with Crippen LogP contribution in [0, 0.1) is 0 Å². The molecular weight excluding hydrogens is 238 g/mol. The van der Waals surface area contributed by atoms with Gasteiger partial charge in [-0.1, -0.05) is 6.07 Å². The first-order chi connectivity index (χ1) is 8.47. The summed E-state index contributed by atoms with van der Waals surface area (Å²) < 4.78 is 4.85. The minimum Gasteiger partial charge on any atom is -0.481 e. The van der Waals surface area contributed by atoms with Crippen LogP contribution in [0.1, 0.15) is 18.0 Å². The number of nitrogens with one attached hydrogen (secondary N) is 1. The lowest BCUT2D eigenvalue weighted by atomic mass is 9.98. The number of carboxylic acids is 1. The third kappa shape index (κ3) is 2.41. The molecule has 0 saturated heterocycles. The molecule has 2 unspecified atom stereocenters. The van der Waals surface area contributed by atoms with Gasteiger partial charge in [-0.2, -0.15) is 0 Å². The fourth-order valence-electron chi connectivity index (χ4n) is 1.75. The number of aromatic amines is 1. The van der Waals surface area contributed by atoms with Gasteiger partial charge in [-0.3, -0.25) is 9.78 Å². The summed E-state index contributed by atoms with van der Waals surface area (Å²) in [5.41, 5.74) is 13.1. The number of aromatic nitrogens is 1. The summed E-state index contributed by atoms with van der Waals surface area (Å²) in [6, 6.07) is 3.57. The number of H-pyrrole nitrogens is 1. The minimum absolute atomic E-state index is 0.221. The minimum atomic E-state index is -1.00. The van der Waals surface area contributed by atoms with Crippen molar-refractivity contribution in [3.8, 4) is 0 Å². The van der Waals surface area contributed by atoms with Crippen LogP contribution in [0.25, 0.3) is 11.1 Å². The molecule has 18 heavy (non-hydrogen) atoms. The van der Waals surface area contributed by atoms with E-state index in [9.17, 15) is 9.59 Å². The van der Waals surface area contributed by atoms with E-state index in [1.165, 1.54) is 0 Å². The van der Waals surface area contributed by atoms with Gasteiger partial charge in [0.05, 0.1) is 11.9 Å². The number of aliphatic carboxylic acids is 1. The van der Waals surface area contributed by atoms with Gasteiger partial charge in [0.1, 0.15) is 0 Å². The van der Waals surface area contributed by atoms with E-state index in [4.69, 9.17) is 21.0 Å². The number of hydrogen-bond acceptors (Lipinski definition) is 5. The average Bonchev–Trinajstić information content (AvgIpc) is 2.65. The van der Waals surface area contributed by atoms with Gasteiger partial charge in [0.15, 0.2) is 5.58 Å². The van der Waals surface area contributed by atoms with Crippen LogP contribution in [0.5, 0.6) is 0 Å². The lowest BCUT2D eigenvalue weighted by molar-refractivity contribution is -0.137. The van der Waals surface area contributed by atoms with Crippen LogP contribution < -0.4 is 17.2 Å². The van der Waals surface area contributed by atoms with E-state index in [1.54, 1.807) is 18.2 Å². The van der Waals surface area contributed by atoms with E-state index in [-0.39, 0.29) is 6.42 Å². The predicted octanol–water partition coefficient (Wildman–Crippen LogP) is -0.0771. The van der Waals surface area contributed by atoms with Gasteiger partial charge < -0.3 is 21.0 Å². The standard InChI is InChI=1S/C11H13N3O4/c12-6(4-9(15)16)10(13)5-1-2-8-7(3-5)14-11(17)18-8/h1-3,6,10H,4,12-13H2,(H,14,17)(H,15,16). The highest BCUT2D eigenvalue weighted by Gasteiger charge is 2.19. The van der Waals surface area contributed by atoms with E-state index in [2.05, 4.69) is 4.98 Å². The van der Waals surface area contributed by atoms with E-state index < -0.39 is 23.8 Å². The van der Waals surface area contributed by atoms with Crippen LogP contribution in [-0.2, 0) is 4.79 Å². The summed E-state index contributed by atoms with van der Waals surface area (Å²) >= 11 is 0. The van der Waals surface area contributed by atoms with Crippen LogP contribution in [0.3, 0.4) is 0 Å². The Hall–Kier alpha value is -2.12. The monoisotopic (exact) mass is 251 g/mol. The van der Waals surface area contributed by atoms with Gasteiger partial charge in [0.25, 0.3) is 0 Å². The summed E-state index contributed by atoms with van der Waals surface area (Å²) in [5, 5.41) is 8.66. The molecule has 2 aromatic rings. The molecule has 0 radical (unpaired) electrons. The normalized spacial score (nSPS) is 14.6. The van der Waals surface area contributed by atoms with Gasteiger partial charge in [0.2, 0.25) is 0 Å². The third-order valence-corrected chi connectivity index (χ3v) is 2.70. The maximum absolute atomic E-state index is 11.0. The molecule has 1 heterocycles. The molecule has 2 rings (SSSR count). The maximum atomic E-state index is 11.0. The molecule has 0 aliphatic heterocycles. The molecule has 7 heteroatoms. The third-order valence-electron chi connectivity index (χ3n) is 2.70. The van der Waals surface area contributed by atoms with Gasteiger partial charge >= 0.3 is 11.7 Å². The zero-order chi connectivity index (χ0) is 13.3. The highest BCUT2D eigenvalue weighted by molar-refractivity contribution is 5.73. The number of oxazole rings is 1. The van der Waals surface area contributed by atoms with Gasteiger partial charge in [0, 0.05) is 12.1 Å². The van der Waals surface area contributed by atoms with E-state index in [0.717, 1.165) is 0 Å². The maximum Gasteiger partial charge on any atom is 0.417 e. The highest BCUT2D eigenvalue weighted by Crippen LogP contribution is 2.19. The molecule has 0 spiro atoms. The molecule has 1 aromatic heterocycles. The molecule has 96 valence electrons. The van der Waals surface area contributed by atoms with Crippen molar-refractivity contribution in [3.63, 3.8) is 0 Å². The topological polar surface area (TPSA) is 135 Å². The molecule has 0 aliphatic rings. The molecule has 1 aromatic carbocycles. The number of carboxylic acid groups (broad SMARTS) is 1. The Bertz CT molecular complexity index is 630. The van der Waals surface area contributed by atoms with E-state index in [0.29, 0.717) is 16.7 Å². The van der Waals surface area contributed by atoms with Crippen molar-refractivity contribution in [2.24, 2.45) is 11.5 Å². The molecule has 0 amide bonds. The van der Waals surface area contributed by atoms with Crippen molar-refractivity contribution in [2.45, 2.75) is 18.5 Å². The zero-order valence-corrected chi connectivity index (χ0v) is 9.42. The Labute approximate surface area is 101 Å². The molecule has 0 aliphatic carbocycles. The van der Waals surface area contributed by atoms with Crippen molar-refractivity contribution < 1.29 is 14.3 Å². The quantitative estimate of drug-likeness (QED) is 0.600. The Kier molecular flexibility index (Phi) is 3.17. The average molecular weight is 251 g/mol. The van der Waals surface area contributed by atoms with E-state index >= 15 is 0 Å². The summed E-state index contributed by atoms with van der Waals surface area (Å²) in [6.45, 7) is 0.